The second kappa shape index (κ2) is 7.31. The molecule has 0 aliphatic carbocycles. The highest BCUT2D eigenvalue weighted by atomic mass is 19.4. The van der Waals surface area contributed by atoms with Gasteiger partial charge in [0.1, 0.15) is 0 Å². The maximum absolute atomic E-state index is 12.8. The number of hydrogen-bond donors (Lipinski definition) is 1. The number of hydrogen-bond acceptors (Lipinski definition) is 5. The SMILES string of the molecule is CC(O)CN(Cc1nc(-c2cccc(C(F)(F)F)c2)no1)C(C)C. The molecule has 8 heteroatoms. The fourth-order valence-electron chi connectivity index (χ4n) is 2.24. The van der Waals surface area contributed by atoms with E-state index < -0.39 is 17.8 Å². The van der Waals surface area contributed by atoms with Crippen LogP contribution < -0.4 is 0 Å². The maximum atomic E-state index is 12.8. The maximum Gasteiger partial charge on any atom is 0.416 e. The van der Waals surface area contributed by atoms with E-state index in [2.05, 4.69) is 10.1 Å². The third-order valence-corrected chi connectivity index (χ3v) is 3.48. The Bertz CT molecular complexity index is 669. The van der Waals surface area contributed by atoms with Gasteiger partial charge in [-0.25, -0.2) is 0 Å². The molecule has 0 bridgehead atoms. The minimum absolute atomic E-state index is 0.108. The number of alkyl halides is 3. The lowest BCUT2D eigenvalue weighted by molar-refractivity contribution is -0.137. The topological polar surface area (TPSA) is 62.4 Å². The van der Waals surface area contributed by atoms with Crippen molar-refractivity contribution in [2.24, 2.45) is 0 Å². The molecule has 1 N–H and O–H groups in total. The molecule has 0 radical (unpaired) electrons. The Labute approximate surface area is 138 Å². The number of aliphatic hydroxyl groups is 1. The van der Waals surface area contributed by atoms with Gasteiger partial charge < -0.3 is 9.63 Å². The van der Waals surface area contributed by atoms with Crippen LogP contribution in [0.1, 0.15) is 32.2 Å². The Balaban J connectivity index is 2.18. The fourth-order valence-corrected chi connectivity index (χ4v) is 2.24. The zero-order valence-electron chi connectivity index (χ0n) is 13.7. The summed E-state index contributed by atoms with van der Waals surface area (Å²) in [6.07, 6.45) is -4.94. The predicted octanol–water partition coefficient (Wildman–Crippen LogP) is 3.35. The quantitative estimate of drug-likeness (QED) is 0.871. The summed E-state index contributed by atoms with van der Waals surface area (Å²) in [6.45, 7) is 6.35. The number of aliphatic hydroxyl groups excluding tert-OH is 1. The summed E-state index contributed by atoms with van der Waals surface area (Å²) in [5, 5.41) is 13.3. The van der Waals surface area contributed by atoms with Crippen LogP contribution in [0.4, 0.5) is 13.2 Å². The first-order chi connectivity index (χ1) is 11.2. The number of rotatable bonds is 6. The van der Waals surface area contributed by atoms with E-state index in [1.54, 1.807) is 6.92 Å². The third-order valence-electron chi connectivity index (χ3n) is 3.48. The molecule has 0 spiro atoms. The highest BCUT2D eigenvalue weighted by molar-refractivity contribution is 5.55. The van der Waals surface area contributed by atoms with Gasteiger partial charge in [0, 0.05) is 18.2 Å². The molecule has 0 aliphatic rings. The van der Waals surface area contributed by atoms with Crippen LogP contribution in [0.25, 0.3) is 11.4 Å². The normalized spacial score (nSPS) is 13.7. The van der Waals surface area contributed by atoms with Gasteiger partial charge in [0.2, 0.25) is 11.7 Å². The van der Waals surface area contributed by atoms with Gasteiger partial charge >= 0.3 is 6.18 Å². The van der Waals surface area contributed by atoms with Crippen LogP contribution in [0.3, 0.4) is 0 Å². The largest absolute Gasteiger partial charge is 0.416 e. The monoisotopic (exact) mass is 343 g/mol. The molecule has 2 rings (SSSR count). The van der Waals surface area contributed by atoms with Crippen molar-refractivity contribution in [3.63, 3.8) is 0 Å². The lowest BCUT2D eigenvalue weighted by Crippen LogP contribution is -2.36. The van der Waals surface area contributed by atoms with Gasteiger partial charge in [-0.05, 0) is 32.9 Å². The van der Waals surface area contributed by atoms with Crippen LogP contribution in [-0.2, 0) is 12.7 Å². The Morgan fingerprint density at radius 1 is 1.25 bits per heavy atom. The van der Waals surface area contributed by atoms with E-state index in [0.717, 1.165) is 12.1 Å². The lowest BCUT2D eigenvalue weighted by atomic mass is 10.1. The van der Waals surface area contributed by atoms with Gasteiger partial charge in [-0.1, -0.05) is 17.3 Å². The molecule has 5 nitrogen and oxygen atoms in total. The van der Waals surface area contributed by atoms with Crippen LogP contribution in [0.2, 0.25) is 0 Å². The van der Waals surface area contributed by atoms with E-state index in [-0.39, 0.29) is 23.3 Å². The summed E-state index contributed by atoms with van der Waals surface area (Å²) in [6, 6.07) is 4.93. The smallest absolute Gasteiger partial charge is 0.392 e. The molecule has 24 heavy (non-hydrogen) atoms. The van der Waals surface area contributed by atoms with Crippen LogP contribution >= 0.6 is 0 Å². The molecule has 0 saturated carbocycles. The molecule has 1 heterocycles. The second-order valence-corrected chi connectivity index (χ2v) is 5.96. The molecule has 0 aliphatic heterocycles. The van der Waals surface area contributed by atoms with E-state index in [0.29, 0.717) is 13.1 Å². The zero-order valence-corrected chi connectivity index (χ0v) is 13.7. The van der Waals surface area contributed by atoms with Crippen molar-refractivity contribution in [1.82, 2.24) is 15.0 Å². The zero-order chi connectivity index (χ0) is 17.9. The van der Waals surface area contributed by atoms with E-state index >= 15 is 0 Å². The summed E-state index contributed by atoms with van der Waals surface area (Å²) >= 11 is 0. The van der Waals surface area contributed by atoms with Crippen molar-refractivity contribution in [3.8, 4) is 11.4 Å². The molecule has 1 aromatic carbocycles. The second-order valence-electron chi connectivity index (χ2n) is 5.96. The standard InChI is InChI=1S/C16H20F3N3O2/c1-10(2)22(8-11(3)23)9-14-20-15(21-24-14)12-5-4-6-13(7-12)16(17,18)19/h4-7,10-11,23H,8-9H2,1-3H3. The first-order valence-electron chi connectivity index (χ1n) is 7.59. The summed E-state index contributed by atoms with van der Waals surface area (Å²) < 4.78 is 43.5. The number of benzene rings is 1. The van der Waals surface area contributed by atoms with Crippen molar-refractivity contribution in [2.75, 3.05) is 6.54 Å². The van der Waals surface area contributed by atoms with E-state index in [1.807, 2.05) is 18.7 Å². The molecule has 0 saturated heterocycles. The average molecular weight is 343 g/mol. The number of aromatic nitrogens is 2. The minimum Gasteiger partial charge on any atom is -0.392 e. The predicted molar refractivity (Wildman–Crippen MR) is 82.0 cm³/mol. The van der Waals surface area contributed by atoms with Crippen LogP contribution in [-0.4, -0.2) is 38.8 Å². The molecular formula is C16H20F3N3O2. The first-order valence-corrected chi connectivity index (χ1v) is 7.59. The van der Waals surface area contributed by atoms with Crippen molar-refractivity contribution < 1.29 is 22.8 Å². The van der Waals surface area contributed by atoms with E-state index in [9.17, 15) is 18.3 Å². The summed E-state index contributed by atoms with van der Waals surface area (Å²) in [4.78, 5) is 6.10. The Hall–Kier alpha value is -1.93. The molecule has 132 valence electrons. The molecule has 1 atom stereocenters. The summed E-state index contributed by atoms with van der Waals surface area (Å²) in [7, 11) is 0. The Kier molecular flexibility index (Phi) is 5.61. The van der Waals surface area contributed by atoms with Crippen molar-refractivity contribution >= 4 is 0 Å². The molecule has 1 unspecified atom stereocenters. The molecule has 2 aromatic rings. The Morgan fingerprint density at radius 3 is 2.54 bits per heavy atom. The number of nitrogens with zero attached hydrogens (tertiary/aromatic N) is 3. The molecule has 0 fully saturated rings. The summed E-state index contributed by atoms with van der Waals surface area (Å²) in [5.74, 6) is 0.397. The van der Waals surface area contributed by atoms with Gasteiger partial charge in [0.25, 0.3) is 0 Å². The van der Waals surface area contributed by atoms with E-state index in [1.165, 1.54) is 12.1 Å². The van der Waals surface area contributed by atoms with Crippen molar-refractivity contribution in [3.05, 3.63) is 35.7 Å². The van der Waals surface area contributed by atoms with Crippen LogP contribution in [0.5, 0.6) is 0 Å². The van der Waals surface area contributed by atoms with Crippen LogP contribution in [0, 0.1) is 0 Å². The van der Waals surface area contributed by atoms with Gasteiger partial charge in [0.15, 0.2) is 0 Å². The van der Waals surface area contributed by atoms with E-state index in [4.69, 9.17) is 4.52 Å². The number of halogens is 3. The van der Waals surface area contributed by atoms with Crippen LogP contribution in [0.15, 0.2) is 28.8 Å². The van der Waals surface area contributed by atoms with Crippen molar-refractivity contribution in [2.45, 2.75) is 45.6 Å². The van der Waals surface area contributed by atoms with Gasteiger partial charge in [0.05, 0.1) is 18.2 Å². The summed E-state index contributed by atoms with van der Waals surface area (Å²) in [5.41, 5.74) is -0.518. The average Bonchev–Trinajstić information content (AvgIpc) is 2.94. The Morgan fingerprint density at radius 2 is 1.96 bits per heavy atom. The molecule has 0 amide bonds. The molecule has 1 aromatic heterocycles. The first kappa shape index (κ1) is 18.4. The highest BCUT2D eigenvalue weighted by Gasteiger charge is 2.30. The van der Waals surface area contributed by atoms with Gasteiger partial charge in [-0.3, -0.25) is 4.90 Å². The van der Waals surface area contributed by atoms with Gasteiger partial charge in [-0.15, -0.1) is 0 Å². The minimum atomic E-state index is -4.42. The highest BCUT2D eigenvalue weighted by Crippen LogP contribution is 2.31. The fraction of sp³-hybridized carbons (Fsp3) is 0.500. The van der Waals surface area contributed by atoms with Gasteiger partial charge in [-0.2, -0.15) is 18.2 Å². The lowest BCUT2D eigenvalue weighted by Gasteiger charge is -2.25. The van der Waals surface area contributed by atoms with Crippen molar-refractivity contribution in [1.29, 1.82) is 0 Å². The third kappa shape index (κ3) is 4.78. The molecular weight excluding hydrogens is 323 g/mol.